The van der Waals surface area contributed by atoms with Gasteiger partial charge in [-0.3, -0.25) is 9.78 Å². The maximum atomic E-state index is 11.7. The number of nitrogens with one attached hydrogen (secondary N) is 2. The highest BCUT2D eigenvalue weighted by Gasteiger charge is 2.09. The van der Waals surface area contributed by atoms with Crippen molar-refractivity contribution in [3.63, 3.8) is 0 Å². The molecule has 4 N–H and O–H groups in total. The molecule has 0 bridgehead atoms. The molecule has 0 saturated heterocycles. The van der Waals surface area contributed by atoms with Crippen molar-refractivity contribution in [3.05, 3.63) is 51.6 Å². The van der Waals surface area contributed by atoms with Crippen LogP contribution in [-0.2, 0) is 6.42 Å². The molecular weight excluding hydrogens is 278 g/mol. The Labute approximate surface area is 120 Å². The standard InChI is InChI=1S/C13H13N5O.ClH/c1-7-2-4-8(5-3-7)6-9-15-10-11(16-9)17-13(14)18-12(10)19;/h2-5H,6H2,1H3,(H4,14,15,16,17,18,19);1H. The van der Waals surface area contributed by atoms with Crippen LogP contribution in [0.15, 0.2) is 29.1 Å². The Kier molecular flexibility index (Phi) is 3.76. The summed E-state index contributed by atoms with van der Waals surface area (Å²) in [5, 5.41) is 0. The van der Waals surface area contributed by atoms with Crippen LogP contribution in [0.1, 0.15) is 17.0 Å². The normalized spacial score (nSPS) is 10.4. The van der Waals surface area contributed by atoms with E-state index in [9.17, 15) is 4.79 Å². The molecule has 0 aliphatic rings. The van der Waals surface area contributed by atoms with Crippen LogP contribution in [0.5, 0.6) is 0 Å². The fourth-order valence-electron chi connectivity index (χ4n) is 1.95. The molecule has 0 saturated carbocycles. The van der Waals surface area contributed by atoms with E-state index in [1.165, 1.54) is 5.56 Å². The van der Waals surface area contributed by atoms with Gasteiger partial charge < -0.3 is 10.7 Å². The number of aromatic amines is 2. The Balaban J connectivity index is 0.00000147. The van der Waals surface area contributed by atoms with Crippen molar-refractivity contribution in [2.45, 2.75) is 13.3 Å². The number of nitrogens with zero attached hydrogens (tertiary/aromatic N) is 2. The van der Waals surface area contributed by atoms with Gasteiger partial charge in [0.2, 0.25) is 5.95 Å². The fraction of sp³-hybridized carbons (Fsp3) is 0.154. The SMILES string of the molecule is Cc1ccc(Cc2nc3nc(N)[nH]c(=O)c3[nH]2)cc1.Cl. The second-order valence-electron chi connectivity index (χ2n) is 4.50. The lowest BCUT2D eigenvalue weighted by molar-refractivity contribution is 1.03. The summed E-state index contributed by atoms with van der Waals surface area (Å²) in [6.07, 6.45) is 0.621. The Morgan fingerprint density at radius 3 is 2.55 bits per heavy atom. The van der Waals surface area contributed by atoms with Crippen LogP contribution in [-0.4, -0.2) is 19.9 Å². The average Bonchev–Trinajstić information content (AvgIpc) is 2.75. The minimum atomic E-state index is -0.301. The zero-order chi connectivity index (χ0) is 13.4. The smallest absolute Gasteiger partial charge is 0.278 e. The Hall–Kier alpha value is -2.34. The molecule has 0 aliphatic heterocycles. The first-order valence-electron chi connectivity index (χ1n) is 5.92. The number of fused-ring (bicyclic) bond motifs is 1. The van der Waals surface area contributed by atoms with Crippen molar-refractivity contribution in [2.75, 3.05) is 5.73 Å². The molecule has 2 heterocycles. The molecule has 3 aromatic rings. The zero-order valence-electron chi connectivity index (χ0n) is 10.8. The van der Waals surface area contributed by atoms with Crippen LogP contribution in [0.3, 0.4) is 0 Å². The third-order valence-corrected chi connectivity index (χ3v) is 2.92. The van der Waals surface area contributed by atoms with Crippen molar-refractivity contribution in [1.29, 1.82) is 0 Å². The number of hydrogen-bond acceptors (Lipinski definition) is 4. The molecule has 0 unspecified atom stereocenters. The van der Waals surface area contributed by atoms with Crippen LogP contribution < -0.4 is 11.3 Å². The summed E-state index contributed by atoms with van der Waals surface area (Å²) in [5.41, 5.74) is 8.22. The number of aryl methyl sites for hydroxylation is 1. The van der Waals surface area contributed by atoms with E-state index in [-0.39, 0.29) is 23.9 Å². The average molecular weight is 292 g/mol. The molecule has 2 aromatic heterocycles. The topological polar surface area (TPSA) is 100 Å². The number of anilines is 1. The van der Waals surface area contributed by atoms with E-state index in [1.54, 1.807) is 0 Å². The van der Waals surface area contributed by atoms with Gasteiger partial charge in [0, 0.05) is 6.42 Å². The van der Waals surface area contributed by atoms with Crippen LogP contribution >= 0.6 is 12.4 Å². The van der Waals surface area contributed by atoms with Crippen molar-refractivity contribution in [3.8, 4) is 0 Å². The van der Waals surface area contributed by atoms with Crippen LogP contribution in [0.25, 0.3) is 11.2 Å². The number of benzene rings is 1. The molecule has 0 spiro atoms. The Bertz CT molecular complexity index is 791. The Morgan fingerprint density at radius 2 is 1.85 bits per heavy atom. The highest BCUT2D eigenvalue weighted by atomic mass is 35.5. The number of H-pyrrole nitrogens is 2. The first-order chi connectivity index (χ1) is 9.11. The van der Waals surface area contributed by atoms with E-state index in [2.05, 4.69) is 19.9 Å². The van der Waals surface area contributed by atoms with Crippen LogP contribution in [0.4, 0.5) is 5.95 Å². The third-order valence-electron chi connectivity index (χ3n) is 2.92. The van der Waals surface area contributed by atoms with Crippen LogP contribution in [0.2, 0.25) is 0 Å². The first kappa shape index (κ1) is 14.1. The maximum absolute atomic E-state index is 11.7. The number of halogens is 1. The van der Waals surface area contributed by atoms with Crippen molar-refractivity contribution >= 4 is 29.5 Å². The quantitative estimate of drug-likeness (QED) is 0.667. The molecule has 0 fully saturated rings. The van der Waals surface area contributed by atoms with Crippen molar-refractivity contribution < 1.29 is 0 Å². The van der Waals surface area contributed by atoms with Crippen molar-refractivity contribution in [1.82, 2.24) is 19.9 Å². The molecule has 20 heavy (non-hydrogen) atoms. The number of rotatable bonds is 2. The molecule has 3 rings (SSSR count). The summed E-state index contributed by atoms with van der Waals surface area (Å²) < 4.78 is 0. The summed E-state index contributed by atoms with van der Waals surface area (Å²) >= 11 is 0. The van der Waals surface area contributed by atoms with Gasteiger partial charge in [0.25, 0.3) is 5.56 Å². The van der Waals surface area contributed by atoms with E-state index < -0.39 is 0 Å². The number of nitrogen functional groups attached to an aromatic ring is 1. The van der Waals surface area contributed by atoms with E-state index >= 15 is 0 Å². The molecule has 0 atom stereocenters. The van der Waals surface area contributed by atoms with Gasteiger partial charge in [-0.2, -0.15) is 4.98 Å². The molecule has 0 aliphatic carbocycles. The third kappa shape index (κ3) is 2.65. The highest BCUT2D eigenvalue weighted by molar-refractivity contribution is 5.85. The van der Waals surface area contributed by atoms with Gasteiger partial charge >= 0.3 is 0 Å². The van der Waals surface area contributed by atoms with Gasteiger partial charge in [0.05, 0.1) is 0 Å². The number of hydrogen-bond donors (Lipinski definition) is 3. The maximum Gasteiger partial charge on any atom is 0.278 e. The summed E-state index contributed by atoms with van der Waals surface area (Å²) in [4.78, 5) is 25.4. The zero-order valence-corrected chi connectivity index (χ0v) is 11.6. The van der Waals surface area contributed by atoms with Gasteiger partial charge in [0.1, 0.15) is 5.82 Å². The number of imidazole rings is 1. The summed E-state index contributed by atoms with van der Waals surface area (Å²) in [5.74, 6) is 0.772. The van der Waals surface area contributed by atoms with E-state index in [0.29, 0.717) is 23.4 Å². The van der Waals surface area contributed by atoms with Gasteiger partial charge in [-0.05, 0) is 12.5 Å². The molecule has 7 heteroatoms. The summed E-state index contributed by atoms with van der Waals surface area (Å²) in [7, 11) is 0. The monoisotopic (exact) mass is 291 g/mol. The fourth-order valence-corrected chi connectivity index (χ4v) is 1.95. The summed E-state index contributed by atoms with van der Waals surface area (Å²) in [6, 6.07) is 8.16. The van der Waals surface area contributed by atoms with Crippen LogP contribution in [0, 0.1) is 6.92 Å². The first-order valence-corrected chi connectivity index (χ1v) is 5.92. The number of nitrogens with two attached hydrogens (primary N) is 1. The van der Waals surface area contributed by atoms with Crippen molar-refractivity contribution in [2.24, 2.45) is 0 Å². The van der Waals surface area contributed by atoms with E-state index in [0.717, 1.165) is 5.56 Å². The molecule has 0 radical (unpaired) electrons. The van der Waals surface area contributed by atoms with Gasteiger partial charge in [-0.1, -0.05) is 29.8 Å². The second-order valence-corrected chi connectivity index (χ2v) is 4.50. The predicted octanol–water partition coefficient (Wildman–Crippen LogP) is 1.55. The number of aromatic nitrogens is 4. The lowest BCUT2D eigenvalue weighted by Gasteiger charge is -1.98. The predicted molar refractivity (Wildman–Crippen MR) is 80.2 cm³/mol. The van der Waals surface area contributed by atoms with E-state index in [1.807, 2.05) is 31.2 Å². The van der Waals surface area contributed by atoms with Gasteiger partial charge in [0.15, 0.2) is 11.2 Å². The molecule has 104 valence electrons. The lowest BCUT2D eigenvalue weighted by Crippen LogP contribution is -2.10. The highest BCUT2D eigenvalue weighted by Crippen LogP contribution is 2.11. The van der Waals surface area contributed by atoms with Gasteiger partial charge in [-0.15, -0.1) is 12.4 Å². The minimum absolute atomic E-state index is 0. The largest absolute Gasteiger partial charge is 0.369 e. The molecule has 0 amide bonds. The minimum Gasteiger partial charge on any atom is -0.369 e. The lowest BCUT2D eigenvalue weighted by atomic mass is 10.1. The summed E-state index contributed by atoms with van der Waals surface area (Å²) in [6.45, 7) is 2.04. The van der Waals surface area contributed by atoms with E-state index in [4.69, 9.17) is 5.73 Å². The second kappa shape index (κ2) is 5.34. The molecule has 6 nitrogen and oxygen atoms in total. The van der Waals surface area contributed by atoms with Gasteiger partial charge in [-0.25, -0.2) is 4.98 Å². The molecular formula is C13H14ClN5O. The Morgan fingerprint density at radius 1 is 1.15 bits per heavy atom. The molecule has 1 aromatic carbocycles.